The van der Waals surface area contributed by atoms with Crippen LogP contribution in [0.5, 0.6) is 0 Å². The number of likely N-dealkylation sites (tertiary alicyclic amines) is 1. The highest BCUT2D eigenvalue weighted by Crippen LogP contribution is 2.22. The van der Waals surface area contributed by atoms with Gasteiger partial charge in [-0.25, -0.2) is 4.98 Å². The van der Waals surface area contributed by atoms with E-state index in [-0.39, 0.29) is 42.7 Å². The number of nitrogens with one attached hydrogen (secondary N) is 1. The van der Waals surface area contributed by atoms with E-state index in [9.17, 15) is 9.59 Å². The zero-order valence-corrected chi connectivity index (χ0v) is 17.8. The summed E-state index contributed by atoms with van der Waals surface area (Å²) in [7, 11) is 0. The first kappa shape index (κ1) is 24.4. The normalized spacial score (nSPS) is 16.1. The SMILES string of the molecule is Cl.Cl.NCCC(=O)NCC1CCCCN1C(=O)c1ccc2ccc(Cl)cc2n1. The largest absolute Gasteiger partial charge is 0.354 e. The second kappa shape index (κ2) is 11.4. The van der Waals surface area contributed by atoms with Gasteiger partial charge in [0, 0.05) is 42.5 Å². The molecule has 1 aromatic carbocycles. The lowest BCUT2D eigenvalue weighted by Gasteiger charge is -2.35. The van der Waals surface area contributed by atoms with E-state index < -0.39 is 0 Å². The van der Waals surface area contributed by atoms with E-state index in [1.807, 2.05) is 17.0 Å². The van der Waals surface area contributed by atoms with Crippen LogP contribution in [-0.4, -0.2) is 47.4 Å². The van der Waals surface area contributed by atoms with Crippen molar-refractivity contribution < 1.29 is 9.59 Å². The Balaban J connectivity index is 0.00000196. The van der Waals surface area contributed by atoms with Crippen LogP contribution in [0, 0.1) is 0 Å². The van der Waals surface area contributed by atoms with Gasteiger partial charge in [-0.1, -0.05) is 23.7 Å². The van der Waals surface area contributed by atoms with Crippen LogP contribution in [0.4, 0.5) is 0 Å². The number of amides is 2. The van der Waals surface area contributed by atoms with E-state index in [2.05, 4.69) is 10.3 Å². The molecule has 1 unspecified atom stereocenters. The molecule has 0 aliphatic carbocycles. The van der Waals surface area contributed by atoms with Gasteiger partial charge in [0.05, 0.1) is 5.52 Å². The van der Waals surface area contributed by atoms with E-state index in [0.29, 0.717) is 42.3 Å². The van der Waals surface area contributed by atoms with Crippen LogP contribution in [0.3, 0.4) is 0 Å². The molecule has 2 aromatic rings. The van der Waals surface area contributed by atoms with E-state index in [1.165, 1.54) is 0 Å². The third-order valence-corrected chi connectivity index (χ3v) is 4.90. The number of halogens is 3. The maximum absolute atomic E-state index is 13.0. The Labute approximate surface area is 182 Å². The molecular formula is C19H25Cl3N4O2. The van der Waals surface area contributed by atoms with Crippen molar-refractivity contribution in [2.24, 2.45) is 5.73 Å². The molecule has 0 radical (unpaired) electrons. The first-order valence-corrected chi connectivity index (χ1v) is 9.30. The molecule has 0 bridgehead atoms. The standard InChI is InChI=1S/C19H23ClN4O2.2ClH/c20-14-6-4-13-5-7-16(23-17(13)11-14)19(26)24-10-2-1-3-15(24)12-22-18(25)8-9-21;;/h4-7,11,15H,1-3,8-10,12,21H2,(H,22,25);2*1H. The van der Waals surface area contributed by atoms with Gasteiger partial charge in [-0.3, -0.25) is 9.59 Å². The molecule has 1 aromatic heterocycles. The van der Waals surface area contributed by atoms with Crippen molar-refractivity contribution in [1.82, 2.24) is 15.2 Å². The molecular weight excluding hydrogens is 423 g/mol. The first-order valence-electron chi connectivity index (χ1n) is 8.92. The molecule has 1 aliphatic heterocycles. The number of carbonyl (C=O) groups excluding carboxylic acids is 2. The van der Waals surface area contributed by atoms with Crippen molar-refractivity contribution in [1.29, 1.82) is 0 Å². The number of pyridine rings is 1. The first-order chi connectivity index (χ1) is 12.6. The molecule has 2 amide bonds. The van der Waals surface area contributed by atoms with Crippen molar-refractivity contribution in [3.8, 4) is 0 Å². The summed E-state index contributed by atoms with van der Waals surface area (Å²) in [6.07, 6.45) is 3.17. The van der Waals surface area contributed by atoms with Crippen molar-refractivity contribution in [2.75, 3.05) is 19.6 Å². The minimum Gasteiger partial charge on any atom is -0.354 e. The quantitative estimate of drug-likeness (QED) is 0.737. The number of hydrogen-bond acceptors (Lipinski definition) is 4. The zero-order chi connectivity index (χ0) is 18.5. The molecule has 3 N–H and O–H groups in total. The van der Waals surface area contributed by atoms with E-state index in [0.717, 1.165) is 24.6 Å². The zero-order valence-electron chi connectivity index (χ0n) is 15.4. The number of fused-ring (bicyclic) bond motifs is 1. The molecule has 9 heteroatoms. The molecule has 1 atom stereocenters. The van der Waals surface area contributed by atoms with Crippen LogP contribution in [-0.2, 0) is 4.79 Å². The van der Waals surface area contributed by atoms with Gasteiger partial charge in [0.25, 0.3) is 5.91 Å². The number of carbonyl (C=O) groups is 2. The van der Waals surface area contributed by atoms with Crippen LogP contribution < -0.4 is 11.1 Å². The number of benzene rings is 1. The molecule has 1 fully saturated rings. The van der Waals surface area contributed by atoms with Gasteiger partial charge in [-0.15, -0.1) is 24.8 Å². The van der Waals surface area contributed by atoms with Crippen molar-refractivity contribution >= 4 is 59.1 Å². The van der Waals surface area contributed by atoms with Gasteiger partial charge in [0.15, 0.2) is 0 Å². The summed E-state index contributed by atoms with van der Waals surface area (Å²) in [4.78, 5) is 31.0. The van der Waals surface area contributed by atoms with E-state index in [1.54, 1.807) is 18.2 Å². The van der Waals surface area contributed by atoms with Crippen LogP contribution in [0.15, 0.2) is 30.3 Å². The van der Waals surface area contributed by atoms with Crippen molar-refractivity contribution in [2.45, 2.75) is 31.7 Å². The van der Waals surface area contributed by atoms with Gasteiger partial charge < -0.3 is 16.0 Å². The molecule has 0 spiro atoms. The number of piperidine rings is 1. The van der Waals surface area contributed by atoms with Gasteiger partial charge in [-0.2, -0.15) is 0 Å². The third kappa shape index (κ3) is 5.95. The maximum atomic E-state index is 13.0. The second-order valence-electron chi connectivity index (χ2n) is 6.52. The van der Waals surface area contributed by atoms with Gasteiger partial charge in [0.1, 0.15) is 5.69 Å². The van der Waals surface area contributed by atoms with Gasteiger partial charge in [0.2, 0.25) is 5.91 Å². The fourth-order valence-electron chi connectivity index (χ4n) is 3.29. The number of aromatic nitrogens is 1. The topological polar surface area (TPSA) is 88.3 Å². The highest BCUT2D eigenvalue weighted by Gasteiger charge is 2.28. The average Bonchev–Trinajstić information content (AvgIpc) is 2.65. The van der Waals surface area contributed by atoms with E-state index in [4.69, 9.17) is 17.3 Å². The second-order valence-corrected chi connectivity index (χ2v) is 6.96. The summed E-state index contributed by atoms with van der Waals surface area (Å²) in [6.45, 7) is 1.44. The fourth-order valence-corrected chi connectivity index (χ4v) is 3.45. The number of nitrogens with two attached hydrogens (primary N) is 1. The monoisotopic (exact) mass is 446 g/mol. The Hall–Kier alpha value is -1.60. The molecule has 1 saturated heterocycles. The summed E-state index contributed by atoms with van der Waals surface area (Å²) >= 11 is 6.03. The molecule has 2 heterocycles. The lowest BCUT2D eigenvalue weighted by atomic mass is 10.0. The maximum Gasteiger partial charge on any atom is 0.272 e. The molecule has 1 aliphatic rings. The average molecular weight is 448 g/mol. The lowest BCUT2D eigenvalue weighted by molar-refractivity contribution is -0.121. The number of rotatable bonds is 5. The smallest absolute Gasteiger partial charge is 0.272 e. The number of hydrogen-bond donors (Lipinski definition) is 2. The minimum absolute atomic E-state index is 0. The summed E-state index contributed by atoms with van der Waals surface area (Å²) < 4.78 is 0. The highest BCUT2D eigenvalue weighted by molar-refractivity contribution is 6.31. The molecule has 154 valence electrons. The molecule has 0 saturated carbocycles. The predicted octanol–water partition coefficient (Wildman–Crippen LogP) is 3.19. The fraction of sp³-hybridized carbons (Fsp3) is 0.421. The number of nitrogens with zero attached hydrogens (tertiary/aromatic N) is 2. The molecule has 28 heavy (non-hydrogen) atoms. The van der Waals surface area contributed by atoms with E-state index >= 15 is 0 Å². The Morgan fingerprint density at radius 3 is 2.71 bits per heavy atom. The minimum atomic E-state index is -0.107. The third-order valence-electron chi connectivity index (χ3n) is 4.67. The Kier molecular flexibility index (Phi) is 9.96. The Bertz CT molecular complexity index is 819. The summed E-state index contributed by atoms with van der Waals surface area (Å²) in [5, 5.41) is 4.41. The van der Waals surface area contributed by atoms with Gasteiger partial charge in [-0.05, 0) is 37.5 Å². The Morgan fingerprint density at radius 2 is 1.96 bits per heavy atom. The van der Waals surface area contributed by atoms with Gasteiger partial charge >= 0.3 is 0 Å². The van der Waals surface area contributed by atoms with Crippen molar-refractivity contribution in [3.63, 3.8) is 0 Å². The molecule has 6 nitrogen and oxygen atoms in total. The van der Waals surface area contributed by atoms with Crippen LogP contribution in [0.2, 0.25) is 5.02 Å². The Morgan fingerprint density at radius 1 is 1.21 bits per heavy atom. The van der Waals surface area contributed by atoms with Crippen LogP contribution >= 0.6 is 36.4 Å². The van der Waals surface area contributed by atoms with Crippen LogP contribution in [0.1, 0.15) is 36.2 Å². The summed E-state index contributed by atoms with van der Waals surface area (Å²) in [5.74, 6) is -0.186. The highest BCUT2D eigenvalue weighted by atomic mass is 35.5. The molecule has 3 rings (SSSR count). The van der Waals surface area contributed by atoms with Crippen LogP contribution in [0.25, 0.3) is 10.9 Å². The predicted molar refractivity (Wildman–Crippen MR) is 117 cm³/mol. The lowest BCUT2D eigenvalue weighted by Crippen LogP contribution is -2.49. The summed E-state index contributed by atoms with van der Waals surface area (Å²) in [6, 6.07) is 9.06. The van der Waals surface area contributed by atoms with Crippen molar-refractivity contribution in [3.05, 3.63) is 41.0 Å². The summed E-state index contributed by atoms with van der Waals surface area (Å²) in [5.41, 5.74) is 6.51.